The maximum Gasteiger partial charge on any atom is 0.161 e. The molecule has 0 bridgehead atoms. The molecule has 2 aromatic carbocycles. The van der Waals surface area contributed by atoms with E-state index in [0.29, 0.717) is 41.0 Å². The van der Waals surface area contributed by atoms with Gasteiger partial charge in [0.05, 0.1) is 38.7 Å². The Morgan fingerprint density at radius 2 is 1.77 bits per heavy atom. The number of methoxy groups -OCH3 is 2. The number of allylic oxidation sites excluding steroid dienone is 1. The second-order valence-corrected chi connectivity index (χ2v) is 7.20. The van der Waals surface area contributed by atoms with E-state index in [2.05, 4.69) is 11.1 Å². The van der Waals surface area contributed by atoms with Gasteiger partial charge in [-0.25, -0.2) is 4.98 Å². The molecule has 160 valence electrons. The van der Waals surface area contributed by atoms with E-state index in [-0.39, 0.29) is 0 Å². The number of hydrogen-bond acceptors (Lipinski definition) is 7. The monoisotopic (exact) mass is 436 g/mol. The van der Waals surface area contributed by atoms with Crippen molar-refractivity contribution in [1.29, 1.82) is 5.26 Å². The van der Waals surface area contributed by atoms with Gasteiger partial charge >= 0.3 is 0 Å². The summed E-state index contributed by atoms with van der Waals surface area (Å²) >= 11 is 1.41. The minimum Gasteiger partial charge on any atom is -0.494 e. The lowest BCUT2D eigenvalue weighted by molar-refractivity contribution is 0.322. The molecule has 3 rings (SSSR count). The Bertz CT molecular complexity index is 1120. The molecule has 0 N–H and O–H groups in total. The van der Waals surface area contributed by atoms with Crippen LogP contribution in [0.25, 0.3) is 22.9 Å². The Hall–Kier alpha value is -3.50. The van der Waals surface area contributed by atoms with Gasteiger partial charge in [0.15, 0.2) is 11.5 Å². The highest BCUT2D eigenvalue weighted by Gasteiger charge is 2.13. The number of hydrogen-bond donors (Lipinski definition) is 0. The first kappa shape index (κ1) is 22.2. The number of aromatic nitrogens is 1. The van der Waals surface area contributed by atoms with Gasteiger partial charge in [0.25, 0.3) is 0 Å². The topological polar surface area (TPSA) is 73.6 Å². The van der Waals surface area contributed by atoms with Crippen molar-refractivity contribution in [2.75, 3.05) is 27.4 Å². The quantitative estimate of drug-likeness (QED) is 0.401. The van der Waals surface area contributed by atoms with Crippen molar-refractivity contribution in [2.45, 2.75) is 13.8 Å². The molecular formula is C24H24N2O4S. The Balaban J connectivity index is 1.95. The minimum absolute atomic E-state index is 0.460. The largest absolute Gasteiger partial charge is 0.494 e. The lowest BCUT2D eigenvalue weighted by Crippen LogP contribution is -1.97. The van der Waals surface area contributed by atoms with E-state index in [1.54, 1.807) is 20.3 Å². The summed E-state index contributed by atoms with van der Waals surface area (Å²) in [6.07, 6.45) is 1.79. The zero-order valence-electron chi connectivity index (χ0n) is 18.0. The molecule has 31 heavy (non-hydrogen) atoms. The summed E-state index contributed by atoms with van der Waals surface area (Å²) in [5.74, 6) is 2.67. The third kappa shape index (κ3) is 5.16. The first-order chi connectivity index (χ1) is 15.1. The van der Waals surface area contributed by atoms with Gasteiger partial charge in [-0.05, 0) is 50.3 Å². The van der Waals surface area contributed by atoms with Gasteiger partial charge in [-0.15, -0.1) is 11.3 Å². The molecular weight excluding hydrogens is 412 g/mol. The molecule has 0 amide bonds. The van der Waals surface area contributed by atoms with Crippen molar-refractivity contribution in [1.82, 2.24) is 4.98 Å². The zero-order valence-corrected chi connectivity index (χ0v) is 18.8. The van der Waals surface area contributed by atoms with E-state index in [1.807, 2.05) is 55.6 Å². The molecule has 0 saturated heterocycles. The number of nitriles is 1. The average molecular weight is 437 g/mol. The molecule has 0 aliphatic heterocycles. The number of thiazole rings is 1. The highest BCUT2D eigenvalue weighted by Crippen LogP contribution is 2.35. The second-order valence-electron chi connectivity index (χ2n) is 6.34. The summed E-state index contributed by atoms with van der Waals surface area (Å²) < 4.78 is 22.0. The van der Waals surface area contributed by atoms with Crippen molar-refractivity contribution < 1.29 is 18.9 Å². The predicted octanol–water partition coefficient (Wildman–Crippen LogP) is 5.69. The van der Waals surface area contributed by atoms with E-state index in [0.717, 1.165) is 22.6 Å². The number of ether oxygens (including phenoxy) is 4. The molecule has 0 fully saturated rings. The van der Waals surface area contributed by atoms with Crippen LogP contribution in [0.15, 0.2) is 41.8 Å². The van der Waals surface area contributed by atoms with Crippen LogP contribution in [0.1, 0.15) is 24.4 Å². The van der Waals surface area contributed by atoms with E-state index in [4.69, 9.17) is 18.9 Å². The lowest BCUT2D eigenvalue weighted by Gasteiger charge is -2.10. The Labute approximate surface area is 186 Å². The number of nitrogens with zero attached hydrogens (tertiary/aromatic N) is 2. The molecule has 3 aromatic rings. The molecule has 0 aliphatic rings. The Morgan fingerprint density at radius 3 is 2.45 bits per heavy atom. The van der Waals surface area contributed by atoms with Crippen LogP contribution < -0.4 is 18.9 Å². The van der Waals surface area contributed by atoms with E-state index < -0.39 is 0 Å². The molecule has 0 aliphatic carbocycles. The Kier molecular flexibility index (Phi) is 7.52. The minimum atomic E-state index is 0.460. The molecule has 0 radical (unpaired) electrons. The number of rotatable bonds is 9. The Morgan fingerprint density at radius 1 is 1.00 bits per heavy atom. The highest BCUT2D eigenvalue weighted by molar-refractivity contribution is 7.11. The maximum atomic E-state index is 9.78. The average Bonchev–Trinajstić information content (AvgIpc) is 3.28. The van der Waals surface area contributed by atoms with Crippen LogP contribution in [0.5, 0.6) is 23.0 Å². The van der Waals surface area contributed by atoms with Crippen molar-refractivity contribution in [3.63, 3.8) is 0 Å². The molecule has 0 spiro atoms. The molecule has 0 atom stereocenters. The van der Waals surface area contributed by atoms with E-state index >= 15 is 0 Å². The summed E-state index contributed by atoms with van der Waals surface area (Å²) in [7, 11) is 3.19. The summed E-state index contributed by atoms with van der Waals surface area (Å²) in [5.41, 5.74) is 2.90. The van der Waals surface area contributed by atoms with Gasteiger partial charge in [-0.3, -0.25) is 0 Å². The fraction of sp³-hybridized carbons (Fsp3) is 0.250. The van der Waals surface area contributed by atoms with Gasteiger partial charge in [-0.1, -0.05) is 0 Å². The van der Waals surface area contributed by atoms with Crippen molar-refractivity contribution >= 4 is 23.0 Å². The van der Waals surface area contributed by atoms with Crippen LogP contribution in [-0.2, 0) is 0 Å². The first-order valence-corrected chi connectivity index (χ1v) is 10.7. The van der Waals surface area contributed by atoms with Crippen LogP contribution in [0.4, 0.5) is 0 Å². The lowest BCUT2D eigenvalue weighted by atomic mass is 10.1. The third-order valence-corrected chi connectivity index (χ3v) is 5.31. The normalized spacial score (nSPS) is 11.0. The van der Waals surface area contributed by atoms with Gasteiger partial charge in [-0.2, -0.15) is 5.26 Å². The van der Waals surface area contributed by atoms with Crippen LogP contribution in [0.3, 0.4) is 0 Å². The van der Waals surface area contributed by atoms with Gasteiger partial charge < -0.3 is 18.9 Å². The van der Waals surface area contributed by atoms with E-state index in [9.17, 15) is 5.26 Å². The van der Waals surface area contributed by atoms with Crippen molar-refractivity contribution in [3.8, 4) is 40.3 Å². The van der Waals surface area contributed by atoms with Crippen LogP contribution >= 0.6 is 11.3 Å². The fourth-order valence-electron chi connectivity index (χ4n) is 2.99. The number of benzene rings is 2. The fourth-order valence-corrected chi connectivity index (χ4v) is 3.79. The summed E-state index contributed by atoms with van der Waals surface area (Å²) in [6, 6.07) is 13.5. The van der Waals surface area contributed by atoms with Gasteiger partial charge in [0.1, 0.15) is 22.6 Å². The van der Waals surface area contributed by atoms with E-state index in [1.165, 1.54) is 11.3 Å². The van der Waals surface area contributed by atoms with Crippen molar-refractivity contribution in [3.05, 3.63) is 52.3 Å². The highest BCUT2D eigenvalue weighted by atomic mass is 32.1. The third-order valence-electron chi connectivity index (χ3n) is 4.43. The van der Waals surface area contributed by atoms with Gasteiger partial charge in [0.2, 0.25) is 0 Å². The molecule has 1 heterocycles. The predicted molar refractivity (Wildman–Crippen MR) is 123 cm³/mol. The maximum absolute atomic E-state index is 9.78. The molecule has 0 saturated carbocycles. The first-order valence-electron chi connectivity index (χ1n) is 9.83. The van der Waals surface area contributed by atoms with Crippen LogP contribution in [-0.4, -0.2) is 32.4 Å². The summed E-state index contributed by atoms with van der Waals surface area (Å²) in [4.78, 5) is 4.67. The van der Waals surface area contributed by atoms with Crippen LogP contribution in [0.2, 0.25) is 0 Å². The van der Waals surface area contributed by atoms with Crippen LogP contribution in [0, 0.1) is 11.3 Å². The second kappa shape index (κ2) is 10.5. The molecule has 0 unspecified atom stereocenters. The van der Waals surface area contributed by atoms with Crippen molar-refractivity contribution in [2.24, 2.45) is 0 Å². The standard InChI is InChI=1S/C24H24N2O4S/c1-5-29-19-9-7-17(22(13-19)30-6-2)11-18(14-25)24-26-20(15-31-24)16-8-10-21(27-3)23(12-16)28-4/h7-13,15H,5-6H2,1-4H3. The molecule has 6 nitrogen and oxygen atoms in total. The summed E-state index contributed by atoms with van der Waals surface area (Å²) in [5, 5.41) is 12.3. The molecule has 7 heteroatoms. The smallest absolute Gasteiger partial charge is 0.161 e. The SMILES string of the molecule is CCOc1ccc(C=C(C#N)c2nc(-c3ccc(OC)c(OC)c3)cs2)c(OCC)c1. The zero-order chi connectivity index (χ0) is 22.2. The molecule has 1 aromatic heterocycles. The van der Waals surface area contributed by atoms with Gasteiger partial charge in [0, 0.05) is 22.6 Å². The summed E-state index contributed by atoms with van der Waals surface area (Å²) in [6.45, 7) is 4.93.